The molecule has 2 aromatic rings. The highest BCUT2D eigenvalue weighted by Gasteiger charge is 2.25. The van der Waals surface area contributed by atoms with E-state index in [1.165, 1.54) is 16.0 Å². The minimum atomic E-state index is -0.521. The Kier molecular flexibility index (Phi) is 4.63. The van der Waals surface area contributed by atoms with E-state index in [0.29, 0.717) is 5.89 Å². The molecule has 0 N–H and O–H groups in total. The summed E-state index contributed by atoms with van der Waals surface area (Å²) >= 11 is 1.46. The normalized spacial score (nSPS) is 19.2. The lowest BCUT2D eigenvalue weighted by Crippen LogP contribution is -2.52. The van der Waals surface area contributed by atoms with Crippen molar-refractivity contribution in [3.05, 3.63) is 28.1 Å². The molecule has 1 atom stereocenters. The predicted molar refractivity (Wildman–Crippen MR) is 87.4 cm³/mol. The van der Waals surface area contributed by atoms with Crippen LogP contribution in [0.3, 0.4) is 0 Å². The van der Waals surface area contributed by atoms with Crippen LogP contribution in [0.4, 0.5) is 0 Å². The van der Waals surface area contributed by atoms with Gasteiger partial charge in [-0.2, -0.15) is 4.68 Å². The summed E-state index contributed by atoms with van der Waals surface area (Å²) in [6, 6.07) is 3.91. The molecule has 3 rings (SSSR count). The molecule has 2 aromatic heterocycles. The summed E-state index contributed by atoms with van der Waals surface area (Å²) in [7, 11) is 2.05. The SMILES string of the molecule is C[C@@H]1CN(C)CCN1C(=O)CCn1nc(-c2cccs2)oc1=O. The number of hydrogen-bond acceptors (Lipinski definition) is 6. The number of thiophene rings is 1. The van der Waals surface area contributed by atoms with Crippen LogP contribution < -0.4 is 5.76 Å². The lowest BCUT2D eigenvalue weighted by Gasteiger charge is -2.38. The van der Waals surface area contributed by atoms with Crippen LogP contribution in [0.5, 0.6) is 0 Å². The minimum absolute atomic E-state index is 0.0539. The van der Waals surface area contributed by atoms with E-state index < -0.39 is 5.76 Å². The molecular weight excluding hydrogens is 316 g/mol. The maximum absolute atomic E-state index is 12.4. The average Bonchev–Trinajstić information content (AvgIpc) is 3.14. The van der Waals surface area contributed by atoms with Crippen molar-refractivity contribution in [2.75, 3.05) is 26.7 Å². The molecule has 1 fully saturated rings. The molecule has 0 bridgehead atoms. The average molecular weight is 336 g/mol. The zero-order valence-electron chi connectivity index (χ0n) is 13.3. The summed E-state index contributed by atoms with van der Waals surface area (Å²) in [4.78, 5) is 29.1. The highest BCUT2D eigenvalue weighted by Crippen LogP contribution is 2.21. The van der Waals surface area contributed by atoms with E-state index in [1.54, 1.807) is 0 Å². The van der Waals surface area contributed by atoms with Crippen molar-refractivity contribution in [2.45, 2.75) is 25.9 Å². The van der Waals surface area contributed by atoms with Gasteiger partial charge in [0, 0.05) is 32.1 Å². The Morgan fingerprint density at radius 1 is 1.48 bits per heavy atom. The topological polar surface area (TPSA) is 71.6 Å². The summed E-state index contributed by atoms with van der Waals surface area (Å²) < 4.78 is 6.38. The largest absolute Gasteiger partial charge is 0.437 e. The number of nitrogens with zero attached hydrogens (tertiary/aromatic N) is 4. The quantitative estimate of drug-likeness (QED) is 0.837. The van der Waals surface area contributed by atoms with Crippen LogP contribution in [-0.2, 0) is 11.3 Å². The first kappa shape index (κ1) is 15.9. The number of likely N-dealkylation sites (N-methyl/N-ethyl adjacent to an activating group) is 1. The Bertz CT molecular complexity index is 721. The molecular formula is C15H20N4O3S. The molecule has 0 spiro atoms. The number of carbonyl (C=O) groups is 1. The van der Waals surface area contributed by atoms with E-state index in [-0.39, 0.29) is 24.9 Å². The third-order valence-electron chi connectivity index (χ3n) is 4.03. The molecule has 1 aliphatic rings. The van der Waals surface area contributed by atoms with Gasteiger partial charge in [0.15, 0.2) is 0 Å². The minimum Gasteiger partial charge on any atom is -0.387 e. The fraction of sp³-hybridized carbons (Fsp3) is 0.533. The van der Waals surface area contributed by atoms with Crippen LogP contribution in [0, 0.1) is 0 Å². The summed E-state index contributed by atoms with van der Waals surface area (Å²) in [6.45, 7) is 4.77. The zero-order valence-corrected chi connectivity index (χ0v) is 14.1. The van der Waals surface area contributed by atoms with Crippen molar-refractivity contribution in [2.24, 2.45) is 0 Å². The summed E-state index contributed by atoms with van der Waals surface area (Å²) in [5.74, 6) is -0.156. The number of rotatable bonds is 4. The van der Waals surface area contributed by atoms with Gasteiger partial charge >= 0.3 is 5.76 Å². The van der Waals surface area contributed by atoms with Crippen molar-refractivity contribution < 1.29 is 9.21 Å². The third kappa shape index (κ3) is 3.53. The molecule has 1 saturated heterocycles. The van der Waals surface area contributed by atoms with Crippen LogP contribution in [0.25, 0.3) is 10.8 Å². The number of carbonyl (C=O) groups excluding carboxylic acids is 1. The first-order valence-electron chi connectivity index (χ1n) is 7.64. The fourth-order valence-corrected chi connectivity index (χ4v) is 3.45. The molecule has 0 saturated carbocycles. The molecule has 8 heteroatoms. The number of amides is 1. The molecule has 124 valence electrons. The summed E-state index contributed by atoms with van der Waals surface area (Å²) in [5, 5.41) is 6.06. The monoisotopic (exact) mass is 336 g/mol. The van der Waals surface area contributed by atoms with Crippen molar-refractivity contribution in [1.29, 1.82) is 0 Å². The molecule has 0 unspecified atom stereocenters. The lowest BCUT2D eigenvalue weighted by molar-refractivity contribution is -0.135. The highest BCUT2D eigenvalue weighted by molar-refractivity contribution is 7.13. The molecule has 0 aromatic carbocycles. The molecule has 0 aliphatic carbocycles. The summed E-state index contributed by atoms with van der Waals surface area (Å²) in [5.41, 5.74) is 0. The second kappa shape index (κ2) is 6.67. The standard InChI is InChI=1S/C15H20N4O3S/c1-11-10-17(2)7-8-18(11)13(20)5-6-19-15(21)22-14(16-19)12-4-3-9-23-12/h3-4,9,11H,5-8,10H2,1-2H3/t11-/m1/s1. The van der Waals surface area contributed by atoms with Crippen LogP contribution in [0.2, 0.25) is 0 Å². The predicted octanol–water partition coefficient (Wildman–Crippen LogP) is 1.12. The van der Waals surface area contributed by atoms with Crippen molar-refractivity contribution in [1.82, 2.24) is 19.6 Å². The van der Waals surface area contributed by atoms with Gasteiger partial charge in [-0.3, -0.25) is 4.79 Å². The number of aromatic nitrogens is 2. The first-order valence-corrected chi connectivity index (χ1v) is 8.52. The lowest BCUT2D eigenvalue weighted by atomic mass is 10.2. The number of hydrogen-bond donors (Lipinski definition) is 0. The number of aryl methyl sites for hydroxylation is 1. The Hall–Kier alpha value is -1.93. The Morgan fingerprint density at radius 3 is 3.00 bits per heavy atom. The smallest absolute Gasteiger partial charge is 0.387 e. The van der Waals surface area contributed by atoms with E-state index in [0.717, 1.165) is 24.5 Å². The van der Waals surface area contributed by atoms with Crippen LogP contribution >= 0.6 is 11.3 Å². The van der Waals surface area contributed by atoms with Gasteiger partial charge in [0.25, 0.3) is 5.89 Å². The van der Waals surface area contributed by atoms with Gasteiger partial charge in [0.1, 0.15) is 0 Å². The first-order chi connectivity index (χ1) is 11.0. The van der Waals surface area contributed by atoms with Crippen LogP contribution in [0.1, 0.15) is 13.3 Å². The molecule has 1 amide bonds. The maximum atomic E-state index is 12.4. The second-order valence-corrected chi connectivity index (χ2v) is 6.77. The van der Waals surface area contributed by atoms with Crippen molar-refractivity contribution in [3.63, 3.8) is 0 Å². The third-order valence-corrected chi connectivity index (χ3v) is 4.88. The van der Waals surface area contributed by atoms with Gasteiger partial charge in [-0.15, -0.1) is 16.4 Å². The Labute approximate surface area is 138 Å². The molecule has 3 heterocycles. The molecule has 23 heavy (non-hydrogen) atoms. The van der Waals surface area contributed by atoms with E-state index in [4.69, 9.17) is 4.42 Å². The fourth-order valence-electron chi connectivity index (χ4n) is 2.80. The van der Waals surface area contributed by atoms with Crippen molar-refractivity contribution in [3.8, 4) is 10.8 Å². The van der Waals surface area contributed by atoms with Crippen LogP contribution in [0.15, 0.2) is 26.7 Å². The van der Waals surface area contributed by atoms with Crippen molar-refractivity contribution >= 4 is 17.2 Å². The van der Waals surface area contributed by atoms with E-state index in [9.17, 15) is 9.59 Å². The zero-order chi connectivity index (χ0) is 16.4. The second-order valence-electron chi connectivity index (χ2n) is 5.82. The summed E-state index contributed by atoms with van der Waals surface area (Å²) in [6.07, 6.45) is 0.254. The van der Waals surface area contributed by atoms with E-state index in [1.807, 2.05) is 29.3 Å². The highest BCUT2D eigenvalue weighted by atomic mass is 32.1. The van der Waals surface area contributed by atoms with Gasteiger partial charge < -0.3 is 14.2 Å². The van der Waals surface area contributed by atoms with Gasteiger partial charge in [0.05, 0.1) is 11.4 Å². The Balaban J connectivity index is 1.62. The molecule has 7 nitrogen and oxygen atoms in total. The van der Waals surface area contributed by atoms with Gasteiger partial charge in [-0.05, 0) is 25.4 Å². The Morgan fingerprint density at radius 2 is 2.30 bits per heavy atom. The van der Waals surface area contributed by atoms with Gasteiger partial charge in [0.2, 0.25) is 5.91 Å². The van der Waals surface area contributed by atoms with Gasteiger partial charge in [-0.1, -0.05) is 6.07 Å². The molecule has 0 radical (unpaired) electrons. The van der Waals surface area contributed by atoms with Crippen LogP contribution in [-0.4, -0.2) is 58.2 Å². The number of piperazine rings is 1. The molecule has 1 aliphatic heterocycles. The van der Waals surface area contributed by atoms with E-state index in [2.05, 4.69) is 17.0 Å². The van der Waals surface area contributed by atoms with E-state index >= 15 is 0 Å². The van der Waals surface area contributed by atoms with Gasteiger partial charge in [-0.25, -0.2) is 4.79 Å². The maximum Gasteiger partial charge on any atom is 0.437 e.